The lowest BCUT2D eigenvalue weighted by molar-refractivity contribution is 0.1000. The van der Waals surface area contributed by atoms with Gasteiger partial charge >= 0.3 is 6.03 Å². The highest BCUT2D eigenvalue weighted by atomic mass is 19.1. The number of primary amides is 1. The second-order valence-corrected chi connectivity index (χ2v) is 8.23. The van der Waals surface area contributed by atoms with Gasteiger partial charge in [0.25, 0.3) is 5.91 Å². The Labute approximate surface area is 202 Å². The second kappa shape index (κ2) is 9.28. The summed E-state index contributed by atoms with van der Waals surface area (Å²) < 4.78 is 42.9. The van der Waals surface area contributed by atoms with Crippen molar-refractivity contribution in [3.05, 3.63) is 65.4 Å². The van der Waals surface area contributed by atoms with Crippen LogP contribution in [0.5, 0.6) is 0 Å². The first-order valence-corrected chi connectivity index (χ1v) is 11.0. The largest absolute Gasteiger partial charge is 0.366 e. The molecule has 2 aromatic heterocycles. The van der Waals surface area contributed by atoms with Gasteiger partial charge in [-0.1, -0.05) is 0 Å². The number of halogens is 3. The Kier molecular flexibility index (Phi) is 6.00. The first-order valence-electron chi connectivity index (χ1n) is 11.0. The maximum absolute atomic E-state index is 14.4. The van der Waals surface area contributed by atoms with Crippen molar-refractivity contribution < 1.29 is 22.8 Å². The van der Waals surface area contributed by atoms with Crippen LogP contribution in [0.15, 0.2) is 41.9 Å². The van der Waals surface area contributed by atoms with E-state index in [1.165, 1.54) is 35.7 Å². The Morgan fingerprint density at radius 3 is 2.39 bits per heavy atom. The summed E-state index contributed by atoms with van der Waals surface area (Å²) in [6.45, 7) is 1.27. The number of urea groups is 1. The Balaban J connectivity index is 1.27. The van der Waals surface area contributed by atoms with E-state index < -0.39 is 35.4 Å². The number of anilines is 1. The summed E-state index contributed by atoms with van der Waals surface area (Å²) >= 11 is 0. The number of aromatic nitrogens is 4. The molecule has 1 fully saturated rings. The molecular formula is C22H20F3N9O2. The molecule has 0 radical (unpaired) electrons. The third-order valence-electron chi connectivity index (χ3n) is 5.93. The van der Waals surface area contributed by atoms with E-state index in [4.69, 9.17) is 5.73 Å². The van der Waals surface area contributed by atoms with Gasteiger partial charge in [0.15, 0.2) is 11.6 Å². The summed E-state index contributed by atoms with van der Waals surface area (Å²) in [5, 5.41) is 9.28. The summed E-state index contributed by atoms with van der Waals surface area (Å²) in [4.78, 5) is 36.1. The molecule has 0 spiro atoms. The van der Waals surface area contributed by atoms with Crippen molar-refractivity contribution in [2.45, 2.75) is 12.5 Å². The highest BCUT2D eigenvalue weighted by molar-refractivity contribution is 5.92. The van der Waals surface area contributed by atoms with Crippen molar-refractivity contribution in [3.8, 4) is 5.82 Å². The SMILES string of the molecule is NC(=O)c1cnn(-c2nc(N3CCN(C(=O)N4N=CCC4c4cc(F)cc(F)c4)CC3)ncc2F)c1. The van der Waals surface area contributed by atoms with Crippen LogP contribution in [-0.2, 0) is 0 Å². The lowest BCUT2D eigenvalue weighted by atomic mass is 10.0. The van der Waals surface area contributed by atoms with E-state index >= 15 is 0 Å². The maximum Gasteiger partial charge on any atom is 0.341 e. The summed E-state index contributed by atoms with van der Waals surface area (Å²) in [5.74, 6) is -2.82. The number of amides is 3. The lowest BCUT2D eigenvalue weighted by Crippen LogP contribution is -2.52. The molecular weight excluding hydrogens is 479 g/mol. The smallest absolute Gasteiger partial charge is 0.341 e. The van der Waals surface area contributed by atoms with Crippen LogP contribution in [0.25, 0.3) is 5.82 Å². The average Bonchev–Trinajstić information content (AvgIpc) is 3.54. The molecule has 0 saturated carbocycles. The van der Waals surface area contributed by atoms with Crippen LogP contribution in [0, 0.1) is 17.5 Å². The molecule has 2 aliphatic rings. The Bertz CT molecular complexity index is 1330. The zero-order valence-electron chi connectivity index (χ0n) is 18.8. The summed E-state index contributed by atoms with van der Waals surface area (Å²) in [6.07, 6.45) is 5.36. The Morgan fingerprint density at radius 1 is 1.00 bits per heavy atom. The predicted molar refractivity (Wildman–Crippen MR) is 121 cm³/mol. The second-order valence-electron chi connectivity index (χ2n) is 8.23. The van der Waals surface area contributed by atoms with Gasteiger partial charge in [-0.15, -0.1) is 0 Å². The minimum absolute atomic E-state index is 0.102. The fourth-order valence-corrected chi connectivity index (χ4v) is 4.11. The van der Waals surface area contributed by atoms with Crippen molar-refractivity contribution >= 4 is 24.1 Å². The number of carbonyl (C=O) groups excluding carboxylic acids is 2. The van der Waals surface area contributed by atoms with Crippen molar-refractivity contribution in [2.75, 3.05) is 31.1 Å². The van der Waals surface area contributed by atoms with E-state index in [0.717, 1.165) is 16.9 Å². The molecule has 11 nitrogen and oxygen atoms in total. The Hall–Kier alpha value is -4.49. The zero-order chi connectivity index (χ0) is 25.4. The van der Waals surface area contributed by atoms with Gasteiger partial charge in [0, 0.05) is 51.1 Å². The van der Waals surface area contributed by atoms with E-state index in [0.29, 0.717) is 38.2 Å². The van der Waals surface area contributed by atoms with Crippen LogP contribution < -0.4 is 10.6 Å². The number of hydrogen-bond acceptors (Lipinski definition) is 7. The van der Waals surface area contributed by atoms with Crippen LogP contribution in [-0.4, -0.2) is 74.0 Å². The van der Waals surface area contributed by atoms with E-state index in [1.54, 1.807) is 9.80 Å². The number of carbonyl (C=O) groups is 2. The fourth-order valence-electron chi connectivity index (χ4n) is 4.11. The molecule has 1 atom stereocenters. The van der Waals surface area contributed by atoms with Gasteiger partial charge in [-0.25, -0.2) is 32.6 Å². The molecule has 1 saturated heterocycles. The van der Waals surface area contributed by atoms with E-state index in [9.17, 15) is 22.8 Å². The number of hydrogen-bond donors (Lipinski definition) is 1. The summed E-state index contributed by atoms with van der Waals surface area (Å²) in [5.41, 5.74) is 5.65. The van der Waals surface area contributed by atoms with E-state index in [1.807, 2.05) is 0 Å². The van der Waals surface area contributed by atoms with Crippen molar-refractivity contribution in [1.29, 1.82) is 0 Å². The molecule has 36 heavy (non-hydrogen) atoms. The van der Waals surface area contributed by atoms with Crippen LogP contribution in [0.1, 0.15) is 28.4 Å². The van der Waals surface area contributed by atoms with Gasteiger partial charge in [-0.2, -0.15) is 15.2 Å². The zero-order valence-corrected chi connectivity index (χ0v) is 18.8. The monoisotopic (exact) mass is 499 g/mol. The Morgan fingerprint density at radius 2 is 1.72 bits per heavy atom. The molecule has 1 unspecified atom stereocenters. The molecule has 14 heteroatoms. The summed E-state index contributed by atoms with van der Waals surface area (Å²) in [7, 11) is 0. The van der Waals surface area contributed by atoms with Gasteiger partial charge in [-0.05, 0) is 17.7 Å². The number of nitrogens with two attached hydrogens (primary N) is 1. The van der Waals surface area contributed by atoms with Crippen molar-refractivity contribution in [3.63, 3.8) is 0 Å². The molecule has 0 aliphatic carbocycles. The van der Waals surface area contributed by atoms with Gasteiger partial charge in [0.1, 0.15) is 11.6 Å². The topological polar surface area (TPSA) is 126 Å². The minimum Gasteiger partial charge on any atom is -0.366 e. The number of hydrazone groups is 1. The predicted octanol–water partition coefficient (Wildman–Crippen LogP) is 1.85. The summed E-state index contributed by atoms with van der Waals surface area (Å²) in [6, 6.07) is 2.15. The van der Waals surface area contributed by atoms with Crippen LogP contribution in [0.3, 0.4) is 0 Å². The number of nitrogens with zero attached hydrogens (tertiary/aromatic N) is 8. The van der Waals surface area contributed by atoms with Crippen LogP contribution >= 0.6 is 0 Å². The normalized spacial score (nSPS) is 17.6. The molecule has 3 amide bonds. The van der Waals surface area contributed by atoms with Crippen LogP contribution in [0.2, 0.25) is 0 Å². The molecule has 3 aromatic rings. The fraction of sp³-hybridized carbons (Fsp3) is 0.273. The minimum atomic E-state index is -0.738. The van der Waals surface area contributed by atoms with Gasteiger partial charge in [0.2, 0.25) is 5.95 Å². The molecule has 5 rings (SSSR count). The highest BCUT2D eigenvalue weighted by Crippen LogP contribution is 2.30. The molecule has 2 N–H and O–H groups in total. The van der Waals surface area contributed by atoms with Gasteiger partial charge in [-0.3, -0.25) is 4.79 Å². The van der Waals surface area contributed by atoms with Crippen molar-refractivity contribution in [1.82, 2.24) is 29.7 Å². The lowest BCUT2D eigenvalue weighted by Gasteiger charge is -2.37. The molecule has 186 valence electrons. The van der Waals surface area contributed by atoms with E-state index in [2.05, 4.69) is 20.2 Å². The average molecular weight is 499 g/mol. The number of rotatable bonds is 4. The highest BCUT2D eigenvalue weighted by Gasteiger charge is 2.34. The molecule has 4 heterocycles. The third-order valence-corrected chi connectivity index (χ3v) is 5.93. The molecule has 2 aliphatic heterocycles. The quantitative estimate of drug-likeness (QED) is 0.584. The molecule has 0 bridgehead atoms. The first kappa shape index (κ1) is 23.3. The number of benzene rings is 1. The number of piperazine rings is 1. The van der Waals surface area contributed by atoms with Crippen molar-refractivity contribution in [2.24, 2.45) is 10.8 Å². The standard InChI is InChI=1S/C22H20F3N9O2/c23-15-7-13(8-16(24)9-15)18-1-2-28-34(18)22(36)32-5-3-31(4-6-32)21-27-11-17(25)20(30-21)33-12-14(10-29-33)19(26)35/h2,7-12,18H,1,3-6H2,(H2,26,35). The first-order chi connectivity index (χ1) is 17.3. The van der Waals surface area contributed by atoms with Crippen LogP contribution in [0.4, 0.5) is 23.9 Å². The van der Waals surface area contributed by atoms with E-state index in [-0.39, 0.29) is 17.3 Å². The third kappa shape index (κ3) is 4.44. The van der Waals surface area contributed by atoms with Gasteiger partial charge in [0.05, 0.1) is 24.0 Å². The molecule has 1 aromatic carbocycles. The maximum atomic E-state index is 14.4. The van der Waals surface area contributed by atoms with Gasteiger partial charge < -0.3 is 15.5 Å².